The molecule has 0 saturated heterocycles. The molecule has 0 saturated carbocycles. The average Bonchev–Trinajstić information content (AvgIpc) is 3.16. The van der Waals surface area contributed by atoms with Gasteiger partial charge in [-0.1, -0.05) is 23.7 Å². The van der Waals surface area contributed by atoms with Gasteiger partial charge >= 0.3 is 0 Å². The number of carbonyl (C=O) groups is 1. The van der Waals surface area contributed by atoms with Gasteiger partial charge in [0.2, 0.25) is 0 Å². The number of nitrogens with one attached hydrogen (secondary N) is 1. The lowest BCUT2D eigenvalue weighted by Crippen LogP contribution is -2.49. The normalized spacial score (nSPS) is 15.9. The van der Waals surface area contributed by atoms with Crippen LogP contribution in [-0.2, 0) is 17.8 Å². The average molecular weight is 457 g/mol. The molecule has 1 N–H and O–H groups in total. The van der Waals surface area contributed by atoms with E-state index in [2.05, 4.69) is 10.3 Å². The zero-order valence-electron chi connectivity index (χ0n) is 18.3. The lowest BCUT2D eigenvalue weighted by Gasteiger charge is -2.36. The Hall–Kier alpha value is -2.90. The van der Waals surface area contributed by atoms with Gasteiger partial charge in [0, 0.05) is 49.8 Å². The quantitative estimate of drug-likeness (QED) is 0.553. The second-order valence-electron chi connectivity index (χ2n) is 8.29. The lowest BCUT2D eigenvalue weighted by molar-refractivity contribution is 0.0388. The summed E-state index contributed by atoms with van der Waals surface area (Å²) in [5, 5.41) is 3.79. The van der Waals surface area contributed by atoms with Crippen molar-refractivity contribution in [2.75, 3.05) is 19.0 Å². The van der Waals surface area contributed by atoms with Crippen LogP contribution in [0.25, 0.3) is 11.1 Å². The number of pyridine rings is 1. The third kappa shape index (κ3) is 4.64. The minimum absolute atomic E-state index is 0.125. The molecule has 0 radical (unpaired) electrons. The number of methoxy groups -OCH3 is 1. The van der Waals surface area contributed by atoms with Crippen LogP contribution in [0.5, 0.6) is 0 Å². The van der Waals surface area contributed by atoms with Crippen LogP contribution in [0.1, 0.15) is 29.9 Å². The van der Waals surface area contributed by atoms with Crippen LogP contribution in [0, 0.1) is 5.82 Å². The van der Waals surface area contributed by atoms with Crippen molar-refractivity contribution in [1.82, 2.24) is 14.5 Å². The van der Waals surface area contributed by atoms with Crippen molar-refractivity contribution >= 4 is 23.3 Å². The van der Waals surface area contributed by atoms with Crippen LogP contribution in [0.3, 0.4) is 0 Å². The van der Waals surface area contributed by atoms with E-state index in [1.165, 1.54) is 12.1 Å². The zero-order chi connectivity index (χ0) is 22.8. The first-order chi connectivity index (χ1) is 15.4. The van der Waals surface area contributed by atoms with Crippen molar-refractivity contribution in [1.29, 1.82) is 0 Å². The Bertz CT molecular complexity index is 1130. The van der Waals surface area contributed by atoms with Gasteiger partial charge in [-0.15, -0.1) is 0 Å². The Morgan fingerprint density at radius 1 is 1.31 bits per heavy atom. The molecule has 4 rings (SSSR count). The van der Waals surface area contributed by atoms with Gasteiger partial charge in [0.15, 0.2) is 0 Å². The summed E-state index contributed by atoms with van der Waals surface area (Å²) in [6, 6.07) is 10.1. The van der Waals surface area contributed by atoms with E-state index in [4.69, 9.17) is 16.3 Å². The molecule has 6 nitrogen and oxygen atoms in total. The third-order valence-electron chi connectivity index (χ3n) is 5.43. The number of fused-ring (bicyclic) bond motifs is 1. The fourth-order valence-electron chi connectivity index (χ4n) is 4.03. The van der Waals surface area contributed by atoms with Crippen LogP contribution in [0.15, 0.2) is 48.8 Å². The third-order valence-corrected chi connectivity index (χ3v) is 5.73. The number of hydrogen-bond donors (Lipinski definition) is 1. The number of carbonyl (C=O) groups excluding carboxylic acids is 1. The molecule has 168 valence electrons. The minimum atomic E-state index is -0.320. The van der Waals surface area contributed by atoms with E-state index in [0.29, 0.717) is 30.4 Å². The number of rotatable bonds is 7. The predicted molar refractivity (Wildman–Crippen MR) is 123 cm³/mol. The van der Waals surface area contributed by atoms with Gasteiger partial charge in [0.05, 0.1) is 17.7 Å². The number of ether oxygens (including phenoxy) is 1. The van der Waals surface area contributed by atoms with Crippen LogP contribution in [0.4, 0.5) is 10.2 Å². The summed E-state index contributed by atoms with van der Waals surface area (Å²) in [6.07, 6.45) is 3.56. The molecule has 0 fully saturated rings. The number of amides is 1. The maximum Gasteiger partial charge on any atom is 0.271 e. The number of aromatic nitrogens is 2. The Balaban J connectivity index is 1.68. The molecule has 1 atom stereocenters. The molecule has 1 aliphatic heterocycles. The molecule has 3 aromatic rings. The Labute approximate surface area is 192 Å². The van der Waals surface area contributed by atoms with Crippen molar-refractivity contribution < 1.29 is 13.9 Å². The molecule has 0 unspecified atom stereocenters. The van der Waals surface area contributed by atoms with E-state index in [1.807, 2.05) is 42.8 Å². The smallest absolute Gasteiger partial charge is 0.271 e. The topological polar surface area (TPSA) is 59.4 Å². The predicted octanol–water partition coefficient (Wildman–Crippen LogP) is 4.83. The second-order valence-corrected chi connectivity index (χ2v) is 8.69. The second kappa shape index (κ2) is 9.30. The first-order valence-electron chi connectivity index (χ1n) is 10.5. The van der Waals surface area contributed by atoms with E-state index < -0.39 is 0 Å². The van der Waals surface area contributed by atoms with Crippen LogP contribution < -0.4 is 5.32 Å². The molecular weight excluding hydrogens is 431 g/mol. The summed E-state index contributed by atoms with van der Waals surface area (Å²) >= 11 is 6.45. The highest BCUT2D eigenvalue weighted by Gasteiger charge is 2.33. The Kier molecular flexibility index (Phi) is 6.48. The summed E-state index contributed by atoms with van der Waals surface area (Å²) < 4.78 is 21.0. The number of nitrogens with zero attached hydrogens (tertiary/aromatic N) is 3. The Morgan fingerprint density at radius 2 is 2.12 bits per heavy atom. The van der Waals surface area contributed by atoms with Crippen molar-refractivity contribution in [3.05, 3.63) is 70.9 Å². The van der Waals surface area contributed by atoms with Crippen molar-refractivity contribution in [3.63, 3.8) is 0 Å². The highest BCUT2D eigenvalue weighted by molar-refractivity contribution is 6.33. The highest BCUT2D eigenvalue weighted by atomic mass is 35.5. The van der Waals surface area contributed by atoms with Gasteiger partial charge in [0.1, 0.15) is 17.3 Å². The SMILES string of the molecule is COC[C@H]1Cn2cc(-c3cc(NC(C)C)ncc3Cl)cc2C(=O)N1Cc1cccc(F)c1. The van der Waals surface area contributed by atoms with E-state index in [9.17, 15) is 9.18 Å². The number of benzene rings is 1. The van der Waals surface area contributed by atoms with Crippen LogP contribution in [0.2, 0.25) is 5.02 Å². The summed E-state index contributed by atoms with van der Waals surface area (Å²) in [5.74, 6) is 0.276. The summed E-state index contributed by atoms with van der Waals surface area (Å²) in [4.78, 5) is 19.5. The lowest BCUT2D eigenvalue weighted by atomic mass is 10.1. The van der Waals surface area contributed by atoms with Gasteiger partial charge < -0.3 is 19.5 Å². The number of halogens is 2. The zero-order valence-corrected chi connectivity index (χ0v) is 19.1. The summed E-state index contributed by atoms with van der Waals surface area (Å²) in [6.45, 7) is 5.34. The maximum absolute atomic E-state index is 13.7. The van der Waals surface area contributed by atoms with Gasteiger partial charge in [0.25, 0.3) is 5.91 Å². The molecule has 32 heavy (non-hydrogen) atoms. The minimum Gasteiger partial charge on any atom is -0.382 e. The van der Waals surface area contributed by atoms with E-state index >= 15 is 0 Å². The monoisotopic (exact) mass is 456 g/mol. The molecule has 0 spiro atoms. The number of hydrogen-bond acceptors (Lipinski definition) is 4. The fourth-order valence-corrected chi connectivity index (χ4v) is 4.24. The molecule has 3 heterocycles. The molecule has 1 amide bonds. The van der Waals surface area contributed by atoms with E-state index in [1.54, 1.807) is 24.3 Å². The van der Waals surface area contributed by atoms with Crippen molar-refractivity contribution in [2.24, 2.45) is 0 Å². The first kappa shape index (κ1) is 22.3. The van der Waals surface area contributed by atoms with Gasteiger partial charge in [-0.2, -0.15) is 0 Å². The molecule has 8 heteroatoms. The maximum atomic E-state index is 13.7. The fraction of sp³-hybridized carbons (Fsp3) is 0.333. The van der Waals surface area contributed by atoms with E-state index in [0.717, 1.165) is 22.5 Å². The highest BCUT2D eigenvalue weighted by Crippen LogP contribution is 2.33. The van der Waals surface area contributed by atoms with Gasteiger partial charge in [-0.05, 0) is 43.7 Å². The first-order valence-corrected chi connectivity index (χ1v) is 10.9. The molecule has 1 aliphatic rings. The van der Waals surface area contributed by atoms with Crippen molar-refractivity contribution in [3.8, 4) is 11.1 Å². The number of anilines is 1. The van der Waals surface area contributed by atoms with Gasteiger partial charge in [-0.3, -0.25) is 4.79 Å². The van der Waals surface area contributed by atoms with Crippen LogP contribution in [-0.4, -0.2) is 46.2 Å². The molecule has 0 aliphatic carbocycles. The summed E-state index contributed by atoms with van der Waals surface area (Å²) in [5.41, 5.74) is 2.95. The van der Waals surface area contributed by atoms with Crippen molar-refractivity contribution in [2.45, 2.75) is 39.0 Å². The molecule has 2 aromatic heterocycles. The molecular formula is C24H26ClFN4O2. The molecule has 1 aromatic carbocycles. The Morgan fingerprint density at radius 3 is 2.84 bits per heavy atom. The largest absolute Gasteiger partial charge is 0.382 e. The summed E-state index contributed by atoms with van der Waals surface area (Å²) in [7, 11) is 1.61. The molecule has 0 bridgehead atoms. The van der Waals surface area contributed by atoms with Gasteiger partial charge in [-0.25, -0.2) is 9.37 Å². The standard InChI is InChI=1S/C24H26ClFN4O2/c1-15(2)28-23-9-20(21(25)10-27-23)17-8-22-24(31)30(11-16-5-4-6-18(26)7-16)19(14-32-3)13-29(22)12-17/h4-10,12,15,19H,11,13-14H2,1-3H3,(H,27,28)/t19-/m1/s1. The van der Waals surface area contributed by atoms with Crippen LogP contribution >= 0.6 is 11.6 Å². The van der Waals surface area contributed by atoms with E-state index in [-0.39, 0.29) is 23.8 Å².